The smallest absolute Gasteiger partial charge is 0.311 e. The minimum absolute atomic E-state index is 0.0704. The van der Waals surface area contributed by atoms with Crippen molar-refractivity contribution >= 4 is 10.1 Å². The van der Waals surface area contributed by atoms with Crippen LogP contribution < -0.4 is 0 Å². The first-order chi connectivity index (χ1) is 4.64. The minimum atomic E-state index is -3.41. The van der Waals surface area contributed by atoms with Crippen LogP contribution in [-0.4, -0.2) is 26.9 Å². The Morgan fingerprint density at radius 3 is 2.80 bits per heavy atom. The van der Waals surface area contributed by atoms with E-state index < -0.39 is 10.1 Å². The van der Waals surface area contributed by atoms with Crippen LogP contribution in [0.4, 0.5) is 0 Å². The normalized spacial score (nSPS) is 23.8. The summed E-state index contributed by atoms with van der Waals surface area (Å²) in [6.07, 6.45) is 0.738. The van der Waals surface area contributed by atoms with Gasteiger partial charge in [-0.2, -0.15) is 8.42 Å². The molecule has 58 valence electrons. The first-order valence-electron chi connectivity index (χ1n) is 2.77. The van der Waals surface area contributed by atoms with Crippen LogP contribution in [0.25, 0.3) is 0 Å². The van der Waals surface area contributed by atoms with Gasteiger partial charge in [0.1, 0.15) is 5.75 Å². The molecule has 4 nitrogen and oxygen atoms in total. The van der Waals surface area contributed by atoms with Crippen LogP contribution in [0.3, 0.4) is 0 Å². The van der Waals surface area contributed by atoms with E-state index in [0.29, 0.717) is 6.61 Å². The van der Waals surface area contributed by atoms with Gasteiger partial charge in [0.25, 0.3) is 0 Å². The maximum absolute atomic E-state index is 10.7. The monoisotopic (exact) mass is 164 g/mol. The largest absolute Gasteiger partial charge is 0.391 e. The fraction of sp³-hybridized carbons (Fsp3) is 0.600. The molecule has 1 atom stereocenters. The Kier molecular flexibility index (Phi) is 1.96. The molecule has 5 heteroatoms. The predicted molar refractivity (Wildman–Crippen MR) is 34.8 cm³/mol. The third-order valence-electron chi connectivity index (χ3n) is 1.01. The Morgan fingerprint density at radius 1 is 1.80 bits per heavy atom. The molecular weight excluding hydrogens is 156 g/mol. The highest BCUT2D eigenvalue weighted by atomic mass is 32.2. The molecular formula is C5H8O4S. The number of rotatable bonds is 4. The molecule has 0 aromatic carbocycles. The van der Waals surface area contributed by atoms with Gasteiger partial charge in [-0.15, -0.1) is 0 Å². The molecule has 1 aliphatic heterocycles. The molecule has 0 N–H and O–H groups in total. The number of epoxide rings is 1. The van der Waals surface area contributed by atoms with E-state index in [4.69, 9.17) is 4.74 Å². The Hall–Kier alpha value is -0.550. The van der Waals surface area contributed by atoms with Gasteiger partial charge in [-0.25, -0.2) is 0 Å². The van der Waals surface area contributed by atoms with E-state index in [0.717, 1.165) is 6.26 Å². The van der Waals surface area contributed by atoms with Crippen molar-refractivity contribution in [1.29, 1.82) is 0 Å². The molecule has 0 radical (unpaired) electrons. The Balaban J connectivity index is 2.41. The second kappa shape index (κ2) is 2.59. The molecule has 1 unspecified atom stereocenters. The molecule has 0 bridgehead atoms. The van der Waals surface area contributed by atoms with Crippen LogP contribution in [0.5, 0.6) is 0 Å². The molecule has 0 aliphatic carbocycles. The van der Waals surface area contributed by atoms with Gasteiger partial charge in [0.2, 0.25) is 0 Å². The molecule has 0 amide bonds. The quantitative estimate of drug-likeness (QED) is 0.330. The summed E-state index contributed by atoms with van der Waals surface area (Å²) in [6, 6.07) is 0. The van der Waals surface area contributed by atoms with E-state index >= 15 is 0 Å². The average Bonchev–Trinajstić information content (AvgIpc) is 2.48. The Labute approximate surface area is 59.6 Å². The van der Waals surface area contributed by atoms with Crippen molar-refractivity contribution in [3.8, 4) is 0 Å². The lowest BCUT2D eigenvalue weighted by molar-refractivity contribution is 0.404. The van der Waals surface area contributed by atoms with Gasteiger partial charge in [-0.1, -0.05) is 6.58 Å². The fourth-order valence-corrected chi connectivity index (χ4v) is 1.47. The summed E-state index contributed by atoms with van der Waals surface area (Å²) in [6.45, 7) is 3.64. The maximum Gasteiger partial charge on any atom is 0.311 e. The predicted octanol–water partition coefficient (Wildman–Crippen LogP) is -0.125. The van der Waals surface area contributed by atoms with Gasteiger partial charge < -0.3 is 8.92 Å². The first-order valence-corrected chi connectivity index (χ1v) is 4.35. The van der Waals surface area contributed by atoms with E-state index in [1.165, 1.54) is 0 Å². The van der Waals surface area contributed by atoms with Crippen LogP contribution in [0.2, 0.25) is 0 Å². The van der Waals surface area contributed by atoms with Gasteiger partial charge >= 0.3 is 10.1 Å². The third kappa shape index (κ3) is 2.36. The summed E-state index contributed by atoms with van der Waals surface area (Å²) in [4.78, 5) is 0. The summed E-state index contributed by atoms with van der Waals surface area (Å²) in [7, 11) is -3.41. The zero-order valence-electron chi connectivity index (χ0n) is 5.32. The molecule has 1 fully saturated rings. The van der Waals surface area contributed by atoms with E-state index in [2.05, 4.69) is 10.8 Å². The summed E-state index contributed by atoms with van der Waals surface area (Å²) >= 11 is 0. The number of hydrogen-bond donors (Lipinski definition) is 0. The molecule has 0 aromatic rings. The van der Waals surface area contributed by atoms with Crippen molar-refractivity contribution < 1.29 is 17.3 Å². The van der Waals surface area contributed by atoms with Crippen molar-refractivity contribution in [2.24, 2.45) is 0 Å². The van der Waals surface area contributed by atoms with Gasteiger partial charge in [0.05, 0.1) is 19.0 Å². The molecule has 1 heterocycles. The van der Waals surface area contributed by atoms with Crippen molar-refractivity contribution in [1.82, 2.24) is 0 Å². The highest BCUT2D eigenvalue weighted by Gasteiger charge is 2.29. The summed E-state index contributed by atoms with van der Waals surface area (Å²) < 4.78 is 30.3. The lowest BCUT2D eigenvalue weighted by atomic mass is 10.6. The second-order valence-electron chi connectivity index (χ2n) is 1.94. The number of hydrogen-bond acceptors (Lipinski definition) is 4. The first kappa shape index (κ1) is 7.56. The van der Waals surface area contributed by atoms with Crippen LogP contribution in [-0.2, 0) is 19.0 Å². The zero-order chi connectivity index (χ0) is 7.61. The van der Waals surface area contributed by atoms with Crippen LogP contribution >= 0.6 is 0 Å². The van der Waals surface area contributed by atoms with E-state index in [1.54, 1.807) is 0 Å². The second-order valence-corrected chi connectivity index (χ2v) is 3.58. The standard InChI is InChI=1S/C5H8O4S/c1-2-9-10(6,7)4-5-3-8-5/h2,5H,1,3-4H2. The SMILES string of the molecule is C=COS(=O)(=O)CC1CO1. The fourth-order valence-electron chi connectivity index (χ4n) is 0.535. The minimum Gasteiger partial charge on any atom is -0.391 e. The average molecular weight is 164 g/mol. The highest BCUT2D eigenvalue weighted by Crippen LogP contribution is 2.12. The van der Waals surface area contributed by atoms with Gasteiger partial charge in [0.15, 0.2) is 0 Å². The van der Waals surface area contributed by atoms with E-state index in [9.17, 15) is 8.42 Å². The van der Waals surface area contributed by atoms with Gasteiger partial charge in [-0.05, 0) is 0 Å². The maximum atomic E-state index is 10.7. The summed E-state index contributed by atoms with van der Waals surface area (Å²) in [5.74, 6) is -0.0704. The molecule has 1 rings (SSSR count). The lowest BCUT2D eigenvalue weighted by Crippen LogP contribution is -2.11. The Bertz CT molecular complexity index is 214. The van der Waals surface area contributed by atoms with Crippen molar-refractivity contribution in [3.63, 3.8) is 0 Å². The third-order valence-corrected chi connectivity index (χ3v) is 2.22. The van der Waals surface area contributed by atoms with Gasteiger partial charge in [-0.3, -0.25) is 0 Å². The van der Waals surface area contributed by atoms with Crippen LogP contribution in [0, 0.1) is 0 Å². The van der Waals surface area contributed by atoms with Crippen LogP contribution in [0.1, 0.15) is 0 Å². The lowest BCUT2D eigenvalue weighted by Gasteiger charge is -1.97. The molecule has 0 aromatic heterocycles. The molecule has 0 spiro atoms. The molecule has 0 saturated carbocycles. The summed E-state index contributed by atoms with van der Waals surface area (Å²) in [5, 5.41) is 0. The van der Waals surface area contributed by atoms with E-state index in [-0.39, 0.29) is 11.9 Å². The molecule has 1 aliphatic rings. The topological polar surface area (TPSA) is 55.9 Å². The van der Waals surface area contributed by atoms with Crippen molar-refractivity contribution in [2.45, 2.75) is 6.10 Å². The van der Waals surface area contributed by atoms with Gasteiger partial charge in [0, 0.05) is 0 Å². The zero-order valence-corrected chi connectivity index (χ0v) is 6.13. The van der Waals surface area contributed by atoms with Crippen LogP contribution in [0.15, 0.2) is 12.8 Å². The summed E-state index contributed by atoms with van der Waals surface area (Å²) in [5.41, 5.74) is 0. The molecule has 1 saturated heterocycles. The highest BCUT2D eigenvalue weighted by molar-refractivity contribution is 7.86. The van der Waals surface area contributed by atoms with Crippen molar-refractivity contribution in [3.05, 3.63) is 12.8 Å². The Morgan fingerprint density at radius 2 is 2.40 bits per heavy atom. The molecule has 10 heavy (non-hydrogen) atoms. The van der Waals surface area contributed by atoms with Crippen molar-refractivity contribution in [2.75, 3.05) is 12.4 Å². The van der Waals surface area contributed by atoms with E-state index in [1.807, 2.05) is 0 Å². The number of ether oxygens (including phenoxy) is 1.